The number of hydrogen-bond donors (Lipinski definition) is 1. The zero-order valence-corrected chi connectivity index (χ0v) is 17.5. The predicted octanol–water partition coefficient (Wildman–Crippen LogP) is 5.89. The topological polar surface area (TPSA) is 55.4 Å². The summed E-state index contributed by atoms with van der Waals surface area (Å²) >= 11 is 6.11. The minimum absolute atomic E-state index is 0.425. The van der Waals surface area contributed by atoms with Crippen LogP contribution in [0.1, 0.15) is 28.4 Å². The summed E-state index contributed by atoms with van der Waals surface area (Å²) in [7, 11) is 0. The van der Waals surface area contributed by atoms with Crippen molar-refractivity contribution in [2.45, 2.75) is 20.0 Å². The van der Waals surface area contributed by atoms with E-state index in [0.717, 1.165) is 11.1 Å². The van der Waals surface area contributed by atoms with Gasteiger partial charge < -0.3 is 10.1 Å². The van der Waals surface area contributed by atoms with Crippen LogP contribution in [0.5, 0.6) is 0 Å². The lowest BCUT2D eigenvalue weighted by Crippen LogP contribution is -2.25. The van der Waals surface area contributed by atoms with Gasteiger partial charge in [0.05, 0.1) is 0 Å². The fourth-order valence-corrected chi connectivity index (χ4v) is 3.28. The van der Waals surface area contributed by atoms with Crippen LogP contribution in [-0.4, -0.2) is 11.9 Å². The van der Waals surface area contributed by atoms with Gasteiger partial charge in [0.15, 0.2) is 0 Å². The van der Waals surface area contributed by atoms with Gasteiger partial charge in [-0.1, -0.05) is 66.2 Å². The van der Waals surface area contributed by atoms with Gasteiger partial charge in [-0.2, -0.15) is 0 Å². The highest BCUT2D eigenvalue weighted by Crippen LogP contribution is 2.22. The van der Waals surface area contributed by atoms with E-state index in [-0.39, 0.29) is 0 Å². The molecular weight excluding hydrogens is 398 g/mol. The summed E-state index contributed by atoms with van der Waals surface area (Å²) in [4.78, 5) is 25.4. The first-order chi connectivity index (χ1) is 14.4. The maximum atomic E-state index is 13.0. The molecule has 0 aliphatic carbocycles. The molecule has 3 rings (SSSR count). The molecule has 1 atom stereocenters. The van der Waals surface area contributed by atoms with Crippen LogP contribution in [-0.2, 0) is 14.3 Å². The van der Waals surface area contributed by atoms with Gasteiger partial charge in [0.25, 0.3) is 5.91 Å². The molecule has 0 unspecified atom stereocenters. The van der Waals surface area contributed by atoms with E-state index in [1.165, 1.54) is 6.08 Å². The Kier molecular flexibility index (Phi) is 7.04. The first kappa shape index (κ1) is 21.3. The zero-order chi connectivity index (χ0) is 21.5. The molecule has 0 heterocycles. The van der Waals surface area contributed by atoms with E-state index >= 15 is 0 Å². The number of nitrogens with one attached hydrogen (secondary N) is 1. The molecule has 0 aromatic heterocycles. The summed E-state index contributed by atoms with van der Waals surface area (Å²) < 4.78 is 5.51. The number of aryl methyl sites for hydroxylation is 2. The monoisotopic (exact) mass is 419 g/mol. The van der Waals surface area contributed by atoms with Crippen LogP contribution in [0.3, 0.4) is 0 Å². The van der Waals surface area contributed by atoms with E-state index in [0.29, 0.717) is 21.8 Å². The van der Waals surface area contributed by atoms with E-state index in [4.69, 9.17) is 16.3 Å². The molecule has 0 saturated carbocycles. The molecule has 0 spiro atoms. The van der Waals surface area contributed by atoms with Crippen LogP contribution in [0, 0.1) is 13.8 Å². The molecule has 5 heteroatoms. The quantitative estimate of drug-likeness (QED) is 0.400. The second-order valence-electron chi connectivity index (χ2n) is 6.95. The number of anilines is 1. The number of ether oxygens (including phenoxy) is 1. The van der Waals surface area contributed by atoms with Gasteiger partial charge in [-0.05, 0) is 54.8 Å². The Morgan fingerprint density at radius 3 is 2.23 bits per heavy atom. The van der Waals surface area contributed by atoms with Crippen molar-refractivity contribution >= 4 is 35.2 Å². The molecular formula is C25H22ClNO3. The number of carbonyl (C=O) groups is 2. The van der Waals surface area contributed by atoms with Gasteiger partial charge in [-0.15, -0.1) is 0 Å². The molecule has 1 N–H and O–H groups in total. The molecule has 0 fully saturated rings. The first-order valence-electron chi connectivity index (χ1n) is 9.50. The Morgan fingerprint density at radius 1 is 0.933 bits per heavy atom. The molecule has 0 aliphatic rings. The van der Waals surface area contributed by atoms with E-state index in [2.05, 4.69) is 5.32 Å². The second-order valence-corrected chi connectivity index (χ2v) is 7.36. The third-order valence-corrected chi connectivity index (χ3v) is 4.71. The van der Waals surface area contributed by atoms with Crippen LogP contribution in [0.15, 0.2) is 78.9 Å². The summed E-state index contributed by atoms with van der Waals surface area (Å²) in [6.45, 7) is 3.91. The number of amides is 1. The number of esters is 1. The maximum absolute atomic E-state index is 13.0. The Bertz CT molecular complexity index is 1060. The van der Waals surface area contributed by atoms with Crippen molar-refractivity contribution in [2.75, 3.05) is 5.32 Å². The number of carbonyl (C=O) groups excluding carboxylic acids is 2. The summed E-state index contributed by atoms with van der Waals surface area (Å²) in [5, 5.41) is 3.37. The Balaban J connectivity index is 1.79. The number of benzene rings is 3. The summed E-state index contributed by atoms with van der Waals surface area (Å²) in [6.07, 6.45) is 1.74. The van der Waals surface area contributed by atoms with E-state index in [1.807, 2.05) is 44.2 Å². The van der Waals surface area contributed by atoms with Crippen molar-refractivity contribution in [2.24, 2.45) is 0 Å². The van der Waals surface area contributed by atoms with Gasteiger partial charge in [-0.3, -0.25) is 4.79 Å². The second kappa shape index (κ2) is 9.90. The Hall–Kier alpha value is -3.37. The third kappa shape index (κ3) is 5.82. The maximum Gasteiger partial charge on any atom is 0.331 e. The van der Waals surface area contributed by atoms with Crippen LogP contribution >= 0.6 is 11.6 Å². The third-order valence-electron chi connectivity index (χ3n) is 4.37. The van der Waals surface area contributed by atoms with Gasteiger partial charge in [-0.25, -0.2) is 4.79 Å². The molecule has 3 aromatic carbocycles. The lowest BCUT2D eigenvalue weighted by molar-refractivity contribution is -0.149. The molecule has 0 radical (unpaired) electrons. The van der Waals surface area contributed by atoms with Crippen LogP contribution in [0.2, 0.25) is 5.02 Å². The van der Waals surface area contributed by atoms with Crippen molar-refractivity contribution < 1.29 is 14.3 Å². The minimum Gasteiger partial charge on any atom is -0.444 e. The molecule has 1 amide bonds. The van der Waals surface area contributed by atoms with Crippen molar-refractivity contribution in [3.05, 3.63) is 106 Å². The highest BCUT2D eigenvalue weighted by atomic mass is 35.5. The summed E-state index contributed by atoms with van der Waals surface area (Å²) in [5.41, 5.74) is 3.98. The lowest BCUT2D eigenvalue weighted by atomic mass is 10.1. The fraction of sp³-hybridized carbons (Fsp3) is 0.120. The molecule has 0 saturated heterocycles. The predicted molar refractivity (Wildman–Crippen MR) is 120 cm³/mol. The van der Waals surface area contributed by atoms with Crippen LogP contribution in [0.25, 0.3) is 6.08 Å². The van der Waals surface area contributed by atoms with Crippen LogP contribution in [0.4, 0.5) is 5.69 Å². The molecule has 30 heavy (non-hydrogen) atoms. The molecule has 152 valence electrons. The van der Waals surface area contributed by atoms with Crippen molar-refractivity contribution in [1.29, 1.82) is 0 Å². The first-order valence-corrected chi connectivity index (χ1v) is 9.87. The molecule has 4 nitrogen and oxygen atoms in total. The van der Waals surface area contributed by atoms with Gasteiger partial charge >= 0.3 is 5.97 Å². The van der Waals surface area contributed by atoms with E-state index in [1.54, 1.807) is 48.5 Å². The van der Waals surface area contributed by atoms with Crippen molar-refractivity contribution in [1.82, 2.24) is 0 Å². The SMILES string of the molecule is Cc1cc(C)cc(NC(=O)[C@H](OC(=O)/C=C/c2ccccc2Cl)c2ccccc2)c1. The largest absolute Gasteiger partial charge is 0.444 e. The minimum atomic E-state index is -1.09. The fourth-order valence-electron chi connectivity index (χ4n) is 3.08. The normalized spacial score (nSPS) is 11.8. The highest BCUT2D eigenvalue weighted by Gasteiger charge is 2.24. The van der Waals surface area contributed by atoms with Gasteiger partial charge in [0, 0.05) is 22.3 Å². The molecule has 0 aliphatic heterocycles. The average molecular weight is 420 g/mol. The van der Waals surface area contributed by atoms with E-state index in [9.17, 15) is 9.59 Å². The van der Waals surface area contributed by atoms with E-state index < -0.39 is 18.0 Å². The number of halogens is 1. The van der Waals surface area contributed by atoms with Crippen molar-refractivity contribution in [3.8, 4) is 0 Å². The summed E-state index contributed by atoms with van der Waals surface area (Å²) in [5.74, 6) is -1.06. The van der Waals surface area contributed by atoms with Gasteiger partial charge in [0.2, 0.25) is 6.10 Å². The highest BCUT2D eigenvalue weighted by molar-refractivity contribution is 6.32. The Morgan fingerprint density at radius 2 is 1.57 bits per heavy atom. The Labute approximate surface area is 181 Å². The smallest absolute Gasteiger partial charge is 0.331 e. The van der Waals surface area contributed by atoms with Crippen LogP contribution < -0.4 is 5.32 Å². The standard InChI is InChI=1S/C25H22ClNO3/c1-17-14-18(2)16-21(15-17)27-25(29)24(20-9-4-3-5-10-20)30-23(28)13-12-19-8-6-7-11-22(19)26/h3-16,24H,1-2H3,(H,27,29)/b13-12+/t24-/m1/s1. The average Bonchev–Trinajstić information content (AvgIpc) is 2.71. The molecule has 3 aromatic rings. The van der Waals surface area contributed by atoms with Crippen molar-refractivity contribution in [3.63, 3.8) is 0 Å². The number of rotatable bonds is 6. The number of hydrogen-bond acceptors (Lipinski definition) is 3. The zero-order valence-electron chi connectivity index (χ0n) is 16.8. The lowest BCUT2D eigenvalue weighted by Gasteiger charge is -2.18. The summed E-state index contributed by atoms with van der Waals surface area (Å²) in [6, 6.07) is 21.8. The van der Waals surface area contributed by atoms with Gasteiger partial charge in [0.1, 0.15) is 0 Å². The molecule has 0 bridgehead atoms.